The number of hydrogen-bond donors (Lipinski definition) is 2. The highest BCUT2D eigenvalue weighted by Gasteiger charge is 2.33. The summed E-state index contributed by atoms with van der Waals surface area (Å²) in [7, 11) is 0. The van der Waals surface area contributed by atoms with Crippen LogP contribution in [0.1, 0.15) is 25.7 Å². The Labute approximate surface area is 80.0 Å². The van der Waals surface area contributed by atoms with Crippen molar-refractivity contribution >= 4 is 0 Å². The Balaban J connectivity index is 1.80. The van der Waals surface area contributed by atoms with Crippen molar-refractivity contribution in [1.29, 1.82) is 0 Å². The molecule has 1 saturated heterocycles. The van der Waals surface area contributed by atoms with Gasteiger partial charge in [0.15, 0.2) is 0 Å². The van der Waals surface area contributed by atoms with E-state index < -0.39 is 0 Å². The van der Waals surface area contributed by atoms with E-state index in [1.807, 2.05) is 0 Å². The molecule has 0 spiro atoms. The summed E-state index contributed by atoms with van der Waals surface area (Å²) in [5.41, 5.74) is 5.90. The van der Waals surface area contributed by atoms with E-state index in [0.717, 1.165) is 32.1 Å². The number of rotatable bonds is 4. The second-order valence-corrected chi connectivity index (χ2v) is 4.46. The van der Waals surface area contributed by atoms with Crippen molar-refractivity contribution in [3.05, 3.63) is 0 Å². The van der Waals surface area contributed by atoms with Gasteiger partial charge in [0.05, 0.1) is 12.1 Å². The predicted octanol–water partition coefficient (Wildman–Crippen LogP) is 0.494. The molecule has 0 amide bonds. The minimum Gasteiger partial charge on any atom is -0.379 e. The summed E-state index contributed by atoms with van der Waals surface area (Å²) in [6.07, 6.45) is 5.12. The summed E-state index contributed by atoms with van der Waals surface area (Å²) in [6, 6.07) is 0. The molecule has 0 radical (unpaired) electrons. The average molecular weight is 184 g/mol. The van der Waals surface area contributed by atoms with Crippen LogP contribution in [0.2, 0.25) is 0 Å². The fourth-order valence-electron chi connectivity index (χ4n) is 1.91. The minimum absolute atomic E-state index is 0.0981. The van der Waals surface area contributed by atoms with E-state index in [4.69, 9.17) is 10.5 Å². The van der Waals surface area contributed by atoms with Crippen LogP contribution >= 0.6 is 0 Å². The topological polar surface area (TPSA) is 47.3 Å². The van der Waals surface area contributed by atoms with Crippen LogP contribution in [0.3, 0.4) is 0 Å². The van der Waals surface area contributed by atoms with Gasteiger partial charge in [0.25, 0.3) is 0 Å². The van der Waals surface area contributed by atoms with Gasteiger partial charge in [-0.1, -0.05) is 0 Å². The van der Waals surface area contributed by atoms with Crippen LogP contribution in [0, 0.1) is 5.92 Å². The monoisotopic (exact) mass is 184 g/mol. The molecule has 1 atom stereocenters. The smallest absolute Gasteiger partial charge is 0.0660 e. The van der Waals surface area contributed by atoms with Crippen LogP contribution < -0.4 is 11.1 Å². The molecular weight excluding hydrogens is 164 g/mol. The standard InChI is InChI=1S/C10H20N2O/c11-7-10(4-1-5-13-8-10)12-6-9-2-3-9/h9,12H,1-8,11H2. The molecular formula is C10H20N2O. The minimum atomic E-state index is 0.0981. The normalized spacial score (nSPS) is 34.8. The maximum atomic E-state index is 5.80. The summed E-state index contributed by atoms with van der Waals surface area (Å²) in [5, 5.41) is 3.60. The van der Waals surface area contributed by atoms with Gasteiger partial charge in [-0.05, 0) is 38.1 Å². The Kier molecular flexibility index (Phi) is 2.86. The van der Waals surface area contributed by atoms with E-state index in [9.17, 15) is 0 Å². The van der Waals surface area contributed by atoms with Gasteiger partial charge >= 0.3 is 0 Å². The zero-order valence-corrected chi connectivity index (χ0v) is 8.22. The van der Waals surface area contributed by atoms with Crippen molar-refractivity contribution < 1.29 is 4.74 Å². The largest absolute Gasteiger partial charge is 0.379 e. The number of nitrogens with two attached hydrogens (primary N) is 1. The quantitative estimate of drug-likeness (QED) is 0.668. The van der Waals surface area contributed by atoms with Crippen LogP contribution in [-0.2, 0) is 4.74 Å². The van der Waals surface area contributed by atoms with Gasteiger partial charge in [-0.2, -0.15) is 0 Å². The van der Waals surface area contributed by atoms with Gasteiger partial charge < -0.3 is 15.8 Å². The van der Waals surface area contributed by atoms with Crippen molar-refractivity contribution in [3.8, 4) is 0 Å². The Bertz CT molecular complexity index is 162. The molecule has 0 bridgehead atoms. The first kappa shape index (κ1) is 9.44. The Morgan fingerprint density at radius 2 is 2.31 bits per heavy atom. The number of hydrogen-bond acceptors (Lipinski definition) is 3. The molecule has 0 aromatic heterocycles. The molecule has 1 saturated carbocycles. The molecule has 1 aliphatic carbocycles. The Morgan fingerprint density at radius 3 is 2.85 bits per heavy atom. The van der Waals surface area contributed by atoms with Gasteiger partial charge in [0.1, 0.15) is 0 Å². The molecule has 0 aromatic carbocycles. The first-order chi connectivity index (χ1) is 6.35. The second-order valence-electron chi connectivity index (χ2n) is 4.46. The molecule has 13 heavy (non-hydrogen) atoms. The fraction of sp³-hybridized carbons (Fsp3) is 1.00. The van der Waals surface area contributed by atoms with Crippen LogP contribution in [0.5, 0.6) is 0 Å². The molecule has 76 valence electrons. The van der Waals surface area contributed by atoms with Crippen molar-refractivity contribution in [2.75, 3.05) is 26.3 Å². The van der Waals surface area contributed by atoms with Crippen LogP contribution in [-0.4, -0.2) is 31.8 Å². The second kappa shape index (κ2) is 3.95. The van der Waals surface area contributed by atoms with Crippen LogP contribution in [0.25, 0.3) is 0 Å². The third-order valence-corrected chi connectivity index (χ3v) is 3.18. The molecule has 3 nitrogen and oxygen atoms in total. The van der Waals surface area contributed by atoms with Gasteiger partial charge in [-0.25, -0.2) is 0 Å². The van der Waals surface area contributed by atoms with Gasteiger partial charge in [0.2, 0.25) is 0 Å². The highest BCUT2D eigenvalue weighted by atomic mass is 16.5. The summed E-state index contributed by atoms with van der Waals surface area (Å²) in [6.45, 7) is 3.56. The lowest BCUT2D eigenvalue weighted by molar-refractivity contribution is 0.0237. The molecule has 3 heteroatoms. The van der Waals surface area contributed by atoms with E-state index in [0.29, 0.717) is 6.54 Å². The maximum Gasteiger partial charge on any atom is 0.0660 e. The highest BCUT2D eigenvalue weighted by molar-refractivity contribution is 4.93. The maximum absolute atomic E-state index is 5.80. The summed E-state index contributed by atoms with van der Waals surface area (Å²) < 4.78 is 5.49. The molecule has 2 aliphatic rings. The van der Waals surface area contributed by atoms with E-state index in [1.165, 1.54) is 19.3 Å². The lowest BCUT2D eigenvalue weighted by atomic mass is 9.92. The third kappa shape index (κ3) is 2.42. The highest BCUT2D eigenvalue weighted by Crippen LogP contribution is 2.29. The van der Waals surface area contributed by atoms with Crippen molar-refractivity contribution in [2.45, 2.75) is 31.2 Å². The molecule has 1 heterocycles. The fourth-order valence-corrected chi connectivity index (χ4v) is 1.91. The summed E-state index contributed by atoms with van der Waals surface area (Å²) >= 11 is 0. The molecule has 1 aliphatic heterocycles. The molecule has 3 N–H and O–H groups in total. The van der Waals surface area contributed by atoms with Crippen molar-refractivity contribution in [2.24, 2.45) is 11.7 Å². The third-order valence-electron chi connectivity index (χ3n) is 3.18. The molecule has 2 fully saturated rings. The number of ether oxygens (including phenoxy) is 1. The van der Waals surface area contributed by atoms with Gasteiger partial charge in [-0.3, -0.25) is 0 Å². The lowest BCUT2D eigenvalue weighted by Crippen LogP contribution is -2.57. The van der Waals surface area contributed by atoms with E-state index in [1.54, 1.807) is 0 Å². The van der Waals surface area contributed by atoms with Gasteiger partial charge in [0, 0.05) is 13.2 Å². The molecule has 1 unspecified atom stereocenters. The Morgan fingerprint density at radius 1 is 1.46 bits per heavy atom. The van der Waals surface area contributed by atoms with E-state index in [2.05, 4.69) is 5.32 Å². The SMILES string of the molecule is NCC1(NCC2CC2)CCCOC1. The molecule has 0 aromatic rings. The van der Waals surface area contributed by atoms with Gasteiger partial charge in [-0.15, -0.1) is 0 Å². The van der Waals surface area contributed by atoms with Crippen molar-refractivity contribution in [1.82, 2.24) is 5.32 Å². The van der Waals surface area contributed by atoms with Crippen molar-refractivity contribution in [3.63, 3.8) is 0 Å². The predicted molar refractivity (Wildman–Crippen MR) is 52.6 cm³/mol. The first-order valence-corrected chi connectivity index (χ1v) is 5.37. The van der Waals surface area contributed by atoms with E-state index >= 15 is 0 Å². The zero-order chi connectivity index (χ0) is 9.15. The zero-order valence-electron chi connectivity index (χ0n) is 8.22. The lowest BCUT2D eigenvalue weighted by Gasteiger charge is -2.37. The summed E-state index contributed by atoms with van der Waals surface area (Å²) in [5.74, 6) is 0.922. The molecule has 2 rings (SSSR count). The van der Waals surface area contributed by atoms with Crippen LogP contribution in [0.15, 0.2) is 0 Å². The Hall–Kier alpha value is -0.120. The summed E-state index contributed by atoms with van der Waals surface area (Å²) in [4.78, 5) is 0. The van der Waals surface area contributed by atoms with E-state index in [-0.39, 0.29) is 5.54 Å². The first-order valence-electron chi connectivity index (χ1n) is 5.37. The number of nitrogens with one attached hydrogen (secondary N) is 1. The average Bonchev–Trinajstić information content (AvgIpc) is 3.00. The van der Waals surface area contributed by atoms with Crippen LogP contribution in [0.4, 0.5) is 0 Å².